The van der Waals surface area contributed by atoms with E-state index in [1.54, 1.807) is 0 Å². The van der Waals surface area contributed by atoms with Crippen molar-refractivity contribution in [3.8, 4) is 0 Å². The highest BCUT2D eigenvalue weighted by Crippen LogP contribution is 2.12. The van der Waals surface area contributed by atoms with Crippen LogP contribution in [0.15, 0.2) is 0 Å². The largest absolute Gasteiger partial charge is 0.385 e. The Kier molecular flexibility index (Phi) is 3.52. The lowest BCUT2D eigenvalue weighted by Gasteiger charge is -2.25. The maximum absolute atomic E-state index is 7.18. The predicted octanol–water partition coefficient (Wildman–Crippen LogP) is 1.52. The van der Waals surface area contributed by atoms with E-state index >= 15 is 0 Å². The molecule has 3 heteroatoms. The van der Waals surface area contributed by atoms with Crippen LogP contribution in [-0.2, 0) is 4.74 Å². The Labute approximate surface area is 68.4 Å². The average molecular weight is 158 g/mol. The van der Waals surface area contributed by atoms with E-state index in [9.17, 15) is 0 Å². The van der Waals surface area contributed by atoms with Gasteiger partial charge in [-0.25, -0.2) is 0 Å². The number of amidine groups is 1. The van der Waals surface area contributed by atoms with Crippen molar-refractivity contribution >= 4 is 5.84 Å². The summed E-state index contributed by atoms with van der Waals surface area (Å²) >= 11 is 0. The molecule has 1 atom stereocenters. The molecule has 0 heterocycles. The van der Waals surface area contributed by atoms with Crippen molar-refractivity contribution < 1.29 is 4.74 Å². The fourth-order valence-corrected chi connectivity index (χ4v) is 0.794. The summed E-state index contributed by atoms with van der Waals surface area (Å²) in [4.78, 5) is 0. The van der Waals surface area contributed by atoms with E-state index in [1.807, 2.05) is 27.7 Å². The lowest BCUT2D eigenvalue weighted by Crippen LogP contribution is -2.36. The third kappa shape index (κ3) is 4.79. The Bertz CT molecular complexity index is 138. The van der Waals surface area contributed by atoms with Crippen molar-refractivity contribution in [2.45, 2.75) is 45.8 Å². The first-order valence-corrected chi connectivity index (χ1v) is 3.88. The molecule has 0 spiro atoms. The molecule has 0 aromatic carbocycles. The topological polar surface area (TPSA) is 59.1 Å². The summed E-state index contributed by atoms with van der Waals surface area (Å²) in [6, 6.07) is 0. The minimum atomic E-state index is -0.227. The molecule has 1 unspecified atom stereocenters. The molecule has 11 heavy (non-hydrogen) atoms. The molecule has 0 bridgehead atoms. The van der Waals surface area contributed by atoms with Crippen LogP contribution >= 0.6 is 0 Å². The summed E-state index contributed by atoms with van der Waals surface area (Å²) in [6.07, 6.45) is 0.530. The first-order valence-electron chi connectivity index (χ1n) is 3.88. The number of hydrogen-bond acceptors (Lipinski definition) is 2. The number of rotatable bonds is 3. The molecular weight excluding hydrogens is 140 g/mol. The minimum Gasteiger partial charge on any atom is -0.385 e. The van der Waals surface area contributed by atoms with E-state index in [-0.39, 0.29) is 17.5 Å². The van der Waals surface area contributed by atoms with E-state index in [1.165, 1.54) is 0 Å². The van der Waals surface area contributed by atoms with Crippen LogP contribution in [-0.4, -0.2) is 17.5 Å². The maximum Gasteiger partial charge on any atom is 0.120 e. The number of hydrogen-bond donors (Lipinski definition) is 2. The minimum absolute atomic E-state index is 0.113. The molecule has 0 amide bonds. The van der Waals surface area contributed by atoms with E-state index in [0.717, 1.165) is 6.42 Å². The van der Waals surface area contributed by atoms with E-state index in [4.69, 9.17) is 15.9 Å². The third-order valence-corrected chi connectivity index (χ3v) is 1.21. The van der Waals surface area contributed by atoms with Gasteiger partial charge in [-0.3, -0.25) is 5.41 Å². The van der Waals surface area contributed by atoms with Gasteiger partial charge in [0.2, 0.25) is 0 Å². The van der Waals surface area contributed by atoms with Gasteiger partial charge < -0.3 is 10.5 Å². The van der Waals surface area contributed by atoms with Gasteiger partial charge in [-0.15, -0.1) is 0 Å². The van der Waals surface area contributed by atoms with Gasteiger partial charge in [-0.05, 0) is 27.2 Å². The summed E-state index contributed by atoms with van der Waals surface area (Å²) in [6.45, 7) is 7.83. The average Bonchev–Trinajstić information content (AvgIpc) is 1.80. The zero-order valence-electron chi connectivity index (χ0n) is 7.77. The number of ether oxygens (including phenoxy) is 1. The molecule has 0 fully saturated rings. The van der Waals surface area contributed by atoms with Gasteiger partial charge in [-0.2, -0.15) is 0 Å². The number of nitrogens with one attached hydrogen (secondary N) is 1. The third-order valence-electron chi connectivity index (χ3n) is 1.21. The van der Waals surface area contributed by atoms with Gasteiger partial charge in [0.1, 0.15) is 11.9 Å². The van der Waals surface area contributed by atoms with Crippen LogP contribution in [0, 0.1) is 5.41 Å². The summed E-state index contributed by atoms with van der Waals surface area (Å²) in [5, 5.41) is 7.18. The lowest BCUT2D eigenvalue weighted by molar-refractivity contribution is -0.0310. The van der Waals surface area contributed by atoms with Crippen LogP contribution in [0.1, 0.15) is 34.1 Å². The van der Waals surface area contributed by atoms with Crippen LogP contribution in [0.25, 0.3) is 0 Å². The first-order chi connectivity index (χ1) is 4.87. The fourth-order valence-electron chi connectivity index (χ4n) is 0.794. The monoisotopic (exact) mass is 158 g/mol. The van der Waals surface area contributed by atoms with Gasteiger partial charge in [-0.1, -0.05) is 6.92 Å². The van der Waals surface area contributed by atoms with Gasteiger partial charge in [0.25, 0.3) is 0 Å². The van der Waals surface area contributed by atoms with E-state index in [2.05, 4.69) is 0 Å². The zero-order valence-corrected chi connectivity index (χ0v) is 7.77. The van der Waals surface area contributed by atoms with Crippen molar-refractivity contribution in [2.75, 3.05) is 0 Å². The van der Waals surface area contributed by atoms with Gasteiger partial charge in [0.05, 0.1) is 5.60 Å². The van der Waals surface area contributed by atoms with Crippen LogP contribution < -0.4 is 5.73 Å². The van der Waals surface area contributed by atoms with Crippen molar-refractivity contribution in [2.24, 2.45) is 5.73 Å². The smallest absolute Gasteiger partial charge is 0.120 e. The molecule has 3 N–H and O–H groups in total. The first kappa shape index (κ1) is 10.4. The molecule has 66 valence electrons. The Balaban J connectivity index is 3.99. The van der Waals surface area contributed by atoms with Gasteiger partial charge >= 0.3 is 0 Å². The van der Waals surface area contributed by atoms with Crippen LogP contribution in [0.4, 0.5) is 0 Å². The normalized spacial score (nSPS) is 14.5. The van der Waals surface area contributed by atoms with Crippen molar-refractivity contribution in [1.82, 2.24) is 0 Å². The lowest BCUT2D eigenvalue weighted by atomic mass is 10.1. The molecule has 0 saturated carbocycles. The maximum atomic E-state index is 7.18. The predicted molar refractivity (Wildman–Crippen MR) is 46.8 cm³/mol. The van der Waals surface area contributed by atoms with Crippen molar-refractivity contribution in [3.63, 3.8) is 0 Å². The summed E-state index contributed by atoms with van der Waals surface area (Å²) < 4.78 is 5.50. The summed E-state index contributed by atoms with van der Waals surface area (Å²) in [5.41, 5.74) is 5.10. The highest BCUT2D eigenvalue weighted by atomic mass is 16.5. The quantitative estimate of drug-likeness (QED) is 0.483. The standard InChI is InChI=1S/C8H18N2O/c1-5-6(7(9)10)11-8(2,3)4/h6H,5H2,1-4H3,(H3,9,10). The SMILES string of the molecule is CCC(OC(C)(C)C)C(=N)N. The molecule has 0 aliphatic rings. The molecule has 0 saturated heterocycles. The Morgan fingerprint density at radius 3 is 2.09 bits per heavy atom. The molecule has 0 aromatic heterocycles. The van der Waals surface area contributed by atoms with Gasteiger partial charge in [0.15, 0.2) is 0 Å². The van der Waals surface area contributed by atoms with E-state index in [0.29, 0.717) is 0 Å². The molecule has 0 radical (unpaired) electrons. The fraction of sp³-hybridized carbons (Fsp3) is 0.875. The summed E-state index contributed by atoms with van der Waals surface area (Å²) in [7, 11) is 0. The molecule has 0 aromatic rings. The molecule has 0 aliphatic heterocycles. The van der Waals surface area contributed by atoms with Crippen LogP contribution in [0.3, 0.4) is 0 Å². The van der Waals surface area contributed by atoms with Gasteiger partial charge in [0, 0.05) is 0 Å². The second-order valence-corrected chi connectivity index (χ2v) is 3.58. The Morgan fingerprint density at radius 2 is 2.00 bits per heavy atom. The zero-order chi connectivity index (χ0) is 9.07. The highest BCUT2D eigenvalue weighted by Gasteiger charge is 2.18. The Morgan fingerprint density at radius 1 is 1.55 bits per heavy atom. The van der Waals surface area contributed by atoms with Crippen molar-refractivity contribution in [1.29, 1.82) is 5.41 Å². The second-order valence-electron chi connectivity index (χ2n) is 3.58. The highest BCUT2D eigenvalue weighted by molar-refractivity contribution is 5.81. The van der Waals surface area contributed by atoms with Crippen LogP contribution in [0.5, 0.6) is 0 Å². The molecule has 0 rings (SSSR count). The Hall–Kier alpha value is -0.570. The van der Waals surface area contributed by atoms with E-state index < -0.39 is 0 Å². The summed E-state index contributed by atoms with van der Waals surface area (Å²) in [5.74, 6) is 0.113. The molecule has 0 aliphatic carbocycles. The molecule has 3 nitrogen and oxygen atoms in total. The molecular formula is C8H18N2O. The van der Waals surface area contributed by atoms with Crippen molar-refractivity contribution in [3.05, 3.63) is 0 Å². The van der Waals surface area contributed by atoms with Crippen LogP contribution in [0.2, 0.25) is 0 Å². The number of nitrogens with two attached hydrogens (primary N) is 1. The second kappa shape index (κ2) is 3.72.